The fourth-order valence-electron chi connectivity index (χ4n) is 1.34. The van der Waals surface area contributed by atoms with Crippen LogP contribution in [0.1, 0.15) is 0 Å². The highest BCUT2D eigenvalue weighted by atomic mass is 35.5. The lowest BCUT2D eigenvalue weighted by molar-refractivity contribution is -0.116. The number of benzene rings is 1. The molecule has 0 atom stereocenters. The van der Waals surface area contributed by atoms with Crippen LogP contribution in [-0.2, 0) is 11.3 Å². The van der Waals surface area contributed by atoms with Gasteiger partial charge in [0, 0.05) is 6.20 Å². The van der Waals surface area contributed by atoms with Crippen molar-refractivity contribution in [1.29, 1.82) is 0 Å². The molecule has 1 heterocycles. The Hall–Kier alpha value is -1.50. The first-order valence-corrected chi connectivity index (χ1v) is 6.13. The molecule has 1 aromatic carbocycles. The van der Waals surface area contributed by atoms with Gasteiger partial charge in [0.2, 0.25) is 5.91 Å². The predicted octanol–water partition coefficient (Wildman–Crippen LogP) is 2.58. The SMILES string of the molecule is O=C(Cn1ccnn1)Nc1c(O)c(Cl)cc(Cl)c1Cl. The molecule has 2 aromatic rings. The third-order valence-corrected chi connectivity index (χ3v) is 3.26. The van der Waals surface area contributed by atoms with Crippen molar-refractivity contribution in [1.82, 2.24) is 15.0 Å². The van der Waals surface area contributed by atoms with Gasteiger partial charge in [-0.05, 0) is 6.07 Å². The molecular weight excluding hydrogens is 314 g/mol. The van der Waals surface area contributed by atoms with E-state index in [2.05, 4.69) is 15.6 Å². The molecule has 0 aliphatic carbocycles. The third-order valence-electron chi connectivity index (χ3n) is 2.19. The van der Waals surface area contributed by atoms with E-state index in [1.165, 1.54) is 23.1 Å². The van der Waals surface area contributed by atoms with Crippen molar-refractivity contribution < 1.29 is 9.90 Å². The first kappa shape index (κ1) is 13.9. The number of amides is 1. The molecule has 0 unspecified atom stereocenters. The van der Waals surface area contributed by atoms with E-state index in [1.54, 1.807) is 0 Å². The summed E-state index contributed by atoms with van der Waals surface area (Å²) >= 11 is 17.5. The molecule has 2 rings (SSSR count). The number of anilines is 1. The lowest BCUT2D eigenvalue weighted by Crippen LogP contribution is -2.19. The first-order chi connectivity index (χ1) is 8.99. The van der Waals surface area contributed by atoms with Gasteiger partial charge in [0.15, 0.2) is 5.75 Å². The molecule has 1 amide bonds. The number of nitrogens with zero attached hydrogens (tertiary/aromatic N) is 3. The predicted molar refractivity (Wildman–Crippen MR) is 71.8 cm³/mol. The molecule has 0 saturated heterocycles. The monoisotopic (exact) mass is 320 g/mol. The Morgan fingerprint density at radius 1 is 1.37 bits per heavy atom. The molecule has 0 saturated carbocycles. The molecule has 2 N–H and O–H groups in total. The van der Waals surface area contributed by atoms with Crippen LogP contribution in [0.5, 0.6) is 5.75 Å². The van der Waals surface area contributed by atoms with Gasteiger partial charge < -0.3 is 10.4 Å². The highest BCUT2D eigenvalue weighted by molar-refractivity contribution is 6.46. The van der Waals surface area contributed by atoms with Crippen molar-refractivity contribution in [3.8, 4) is 5.75 Å². The molecule has 0 fully saturated rings. The van der Waals surface area contributed by atoms with Crippen molar-refractivity contribution in [2.45, 2.75) is 6.54 Å². The Kier molecular flexibility index (Phi) is 4.14. The Balaban J connectivity index is 2.21. The van der Waals surface area contributed by atoms with Crippen molar-refractivity contribution in [3.63, 3.8) is 0 Å². The third kappa shape index (κ3) is 3.09. The minimum atomic E-state index is -0.457. The van der Waals surface area contributed by atoms with Crippen LogP contribution in [0, 0.1) is 0 Å². The van der Waals surface area contributed by atoms with Crippen molar-refractivity contribution >= 4 is 46.4 Å². The van der Waals surface area contributed by atoms with E-state index in [9.17, 15) is 9.90 Å². The normalized spacial score (nSPS) is 10.5. The zero-order valence-electron chi connectivity index (χ0n) is 9.27. The second-order valence-corrected chi connectivity index (χ2v) is 4.72. The van der Waals surface area contributed by atoms with E-state index < -0.39 is 5.91 Å². The molecule has 9 heteroatoms. The number of phenols is 1. The van der Waals surface area contributed by atoms with E-state index in [4.69, 9.17) is 34.8 Å². The topological polar surface area (TPSA) is 80.0 Å². The van der Waals surface area contributed by atoms with E-state index in [0.717, 1.165) is 0 Å². The van der Waals surface area contributed by atoms with Crippen molar-refractivity contribution in [3.05, 3.63) is 33.5 Å². The zero-order valence-corrected chi connectivity index (χ0v) is 11.5. The standard InChI is InChI=1S/C10H7Cl3N4O2/c11-5-3-6(12)10(19)9(8(5)13)15-7(18)4-17-2-1-14-16-17/h1-3,19H,4H2,(H,15,18). The van der Waals surface area contributed by atoms with Crippen LogP contribution in [0.3, 0.4) is 0 Å². The van der Waals surface area contributed by atoms with Gasteiger partial charge in [-0.25, -0.2) is 4.68 Å². The molecule has 6 nitrogen and oxygen atoms in total. The van der Waals surface area contributed by atoms with Crippen LogP contribution in [0.15, 0.2) is 18.5 Å². The highest BCUT2D eigenvalue weighted by Crippen LogP contribution is 2.42. The van der Waals surface area contributed by atoms with Gasteiger partial charge >= 0.3 is 0 Å². The number of hydrogen-bond donors (Lipinski definition) is 2. The number of nitrogens with one attached hydrogen (secondary N) is 1. The van der Waals surface area contributed by atoms with E-state index in [0.29, 0.717) is 0 Å². The molecule has 19 heavy (non-hydrogen) atoms. The molecule has 0 aliphatic heterocycles. The Labute approximate surface area is 122 Å². The van der Waals surface area contributed by atoms with Crippen molar-refractivity contribution in [2.75, 3.05) is 5.32 Å². The van der Waals surface area contributed by atoms with Crippen molar-refractivity contribution in [2.24, 2.45) is 0 Å². The van der Waals surface area contributed by atoms with Crippen LogP contribution < -0.4 is 5.32 Å². The summed E-state index contributed by atoms with van der Waals surface area (Å²) in [5.41, 5.74) is -0.0377. The summed E-state index contributed by atoms with van der Waals surface area (Å²) in [6.45, 7) is -0.0834. The van der Waals surface area contributed by atoms with Crippen LogP contribution >= 0.6 is 34.8 Å². The average molecular weight is 322 g/mol. The number of aromatic hydroxyl groups is 1. The van der Waals surface area contributed by atoms with Crippen LogP contribution in [0.2, 0.25) is 15.1 Å². The number of carbonyl (C=O) groups excluding carboxylic acids is 1. The quantitative estimate of drug-likeness (QED) is 0.672. The van der Waals surface area contributed by atoms with Gasteiger partial charge in [-0.1, -0.05) is 40.0 Å². The molecule has 0 spiro atoms. The summed E-state index contributed by atoms with van der Waals surface area (Å²) in [5.74, 6) is -0.802. The second kappa shape index (κ2) is 5.64. The molecular formula is C10H7Cl3N4O2. The maximum atomic E-state index is 11.8. The van der Waals surface area contributed by atoms with Gasteiger partial charge in [0.1, 0.15) is 12.2 Å². The Morgan fingerprint density at radius 3 is 2.74 bits per heavy atom. The fourth-order valence-corrected chi connectivity index (χ4v) is 2.00. The molecule has 100 valence electrons. The summed E-state index contributed by atoms with van der Waals surface area (Å²) in [5, 5.41) is 19.5. The lowest BCUT2D eigenvalue weighted by Gasteiger charge is -2.11. The number of halogens is 3. The van der Waals surface area contributed by atoms with Gasteiger partial charge in [-0.15, -0.1) is 5.10 Å². The summed E-state index contributed by atoms with van der Waals surface area (Å²) in [6.07, 6.45) is 2.96. The van der Waals surface area contributed by atoms with E-state index in [-0.39, 0.29) is 33.0 Å². The summed E-state index contributed by atoms with van der Waals surface area (Å²) in [7, 11) is 0. The zero-order chi connectivity index (χ0) is 14.0. The van der Waals surface area contributed by atoms with E-state index in [1.807, 2.05) is 0 Å². The minimum Gasteiger partial charge on any atom is -0.504 e. The van der Waals surface area contributed by atoms with Crippen LogP contribution in [-0.4, -0.2) is 26.0 Å². The number of aromatic nitrogens is 3. The van der Waals surface area contributed by atoms with Gasteiger partial charge in [-0.2, -0.15) is 0 Å². The maximum absolute atomic E-state index is 11.8. The second-order valence-electron chi connectivity index (χ2n) is 3.53. The molecule has 0 bridgehead atoms. The maximum Gasteiger partial charge on any atom is 0.246 e. The fraction of sp³-hybridized carbons (Fsp3) is 0.100. The van der Waals surface area contributed by atoms with Crippen LogP contribution in [0.4, 0.5) is 5.69 Å². The minimum absolute atomic E-state index is 0.00884. The number of rotatable bonds is 3. The Morgan fingerprint density at radius 2 is 2.11 bits per heavy atom. The number of carbonyl (C=O) groups is 1. The van der Waals surface area contributed by atoms with Gasteiger partial charge in [-0.3, -0.25) is 4.79 Å². The molecule has 1 aromatic heterocycles. The summed E-state index contributed by atoms with van der Waals surface area (Å²) < 4.78 is 1.31. The molecule has 0 aliphatic rings. The Bertz CT molecular complexity index is 589. The van der Waals surface area contributed by atoms with Crippen LogP contribution in [0.25, 0.3) is 0 Å². The molecule has 0 radical (unpaired) electrons. The summed E-state index contributed by atoms with van der Waals surface area (Å²) in [4.78, 5) is 11.8. The number of phenolic OH excluding ortho intramolecular Hbond substituents is 1. The van der Waals surface area contributed by atoms with Gasteiger partial charge in [0.05, 0.1) is 21.3 Å². The smallest absolute Gasteiger partial charge is 0.246 e. The largest absolute Gasteiger partial charge is 0.504 e. The van der Waals surface area contributed by atoms with Gasteiger partial charge in [0.25, 0.3) is 0 Å². The highest BCUT2D eigenvalue weighted by Gasteiger charge is 2.17. The first-order valence-electron chi connectivity index (χ1n) is 4.99. The summed E-state index contributed by atoms with van der Waals surface area (Å²) in [6, 6.07) is 1.29. The number of hydrogen-bond acceptors (Lipinski definition) is 4. The lowest BCUT2D eigenvalue weighted by atomic mass is 10.3. The average Bonchev–Trinajstić information content (AvgIpc) is 2.85. The van der Waals surface area contributed by atoms with E-state index >= 15 is 0 Å².